The van der Waals surface area contributed by atoms with Crippen LogP contribution in [0.4, 0.5) is 0 Å². The van der Waals surface area contributed by atoms with Crippen molar-refractivity contribution in [2.24, 2.45) is 0 Å². The Bertz CT molecular complexity index is 924. The highest BCUT2D eigenvalue weighted by atomic mass is 32.2. The summed E-state index contributed by atoms with van der Waals surface area (Å²) in [4.78, 5) is 24.1. The number of benzene rings is 2. The number of amides is 2. The molecule has 0 unspecified atom stereocenters. The van der Waals surface area contributed by atoms with Crippen molar-refractivity contribution in [1.82, 2.24) is 15.6 Å². The van der Waals surface area contributed by atoms with Crippen LogP contribution >= 0.6 is 0 Å². The van der Waals surface area contributed by atoms with Gasteiger partial charge in [0.2, 0.25) is 10.0 Å². The maximum absolute atomic E-state index is 12.3. The van der Waals surface area contributed by atoms with E-state index in [1.54, 1.807) is 30.3 Å². The molecule has 1 fully saturated rings. The molecule has 1 aliphatic rings. The van der Waals surface area contributed by atoms with E-state index in [2.05, 4.69) is 15.6 Å². The SMILES string of the molecule is O=C(NNC(=O)c1ccc(S(=O)(=O)NC[C@H]2CCCO2)cc1)c1ccccc1. The fourth-order valence-corrected chi connectivity index (χ4v) is 3.79. The molecule has 0 radical (unpaired) electrons. The van der Waals surface area contributed by atoms with E-state index in [1.165, 1.54) is 24.3 Å². The van der Waals surface area contributed by atoms with Gasteiger partial charge in [0.25, 0.3) is 11.8 Å². The lowest BCUT2D eigenvalue weighted by Crippen LogP contribution is -2.41. The lowest BCUT2D eigenvalue weighted by molar-refractivity contribution is 0.0846. The molecule has 2 aromatic rings. The molecule has 8 nitrogen and oxygen atoms in total. The molecule has 9 heteroatoms. The third-order valence-corrected chi connectivity index (χ3v) is 5.72. The average Bonchev–Trinajstić information content (AvgIpc) is 3.25. The number of hydrazine groups is 1. The van der Waals surface area contributed by atoms with Crippen LogP contribution in [0, 0.1) is 0 Å². The van der Waals surface area contributed by atoms with Crippen LogP contribution in [0.1, 0.15) is 33.6 Å². The summed E-state index contributed by atoms with van der Waals surface area (Å²) in [5.41, 5.74) is 5.23. The smallest absolute Gasteiger partial charge is 0.269 e. The lowest BCUT2D eigenvalue weighted by Gasteiger charge is -2.12. The van der Waals surface area contributed by atoms with Crippen molar-refractivity contribution < 1.29 is 22.7 Å². The van der Waals surface area contributed by atoms with E-state index in [0.29, 0.717) is 12.2 Å². The van der Waals surface area contributed by atoms with Gasteiger partial charge in [0.05, 0.1) is 11.0 Å². The highest BCUT2D eigenvalue weighted by Crippen LogP contribution is 2.14. The molecule has 1 aliphatic heterocycles. The van der Waals surface area contributed by atoms with Crippen molar-refractivity contribution >= 4 is 21.8 Å². The van der Waals surface area contributed by atoms with Crippen molar-refractivity contribution in [3.05, 3.63) is 65.7 Å². The molecule has 0 spiro atoms. The number of carbonyl (C=O) groups is 2. The zero-order valence-electron chi connectivity index (χ0n) is 15.1. The second-order valence-electron chi connectivity index (χ2n) is 6.29. The third kappa shape index (κ3) is 5.16. The first-order valence-electron chi connectivity index (χ1n) is 8.83. The standard InChI is InChI=1S/C19H21N3O5S/c23-18(14-5-2-1-3-6-14)21-22-19(24)15-8-10-17(11-9-15)28(25,26)20-13-16-7-4-12-27-16/h1-3,5-6,8-11,16,20H,4,7,12-13H2,(H,21,23)(H,22,24)/t16-/m1/s1. The summed E-state index contributed by atoms with van der Waals surface area (Å²) in [6.07, 6.45) is 1.65. The molecule has 1 atom stereocenters. The first-order chi connectivity index (χ1) is 13.5. The van der Waals surface area contributed by atoms with Gasteiger partial charge in [-0.15, -0.1) is 0 Å². The van der Waals surface area contributed by atoms with Crippen molar-refractivity contribution in [3.8, 4) is 0 Å². The molecule has 2 aromatic carbocycles. The summed E-state index contributed by atoms with van der Waals surface area (Å²) in [6, 6.07) is 13.9. The van der Waals surface area contributed by atoms with Crippen LogP contribution in [0.3, 0.4) is 0 Å². The van der Waals surface area contributed by atoms with Crippen LogP contribution in [0.25, 0.3) is 0 Å². The normalized spacial score (nSPS) is 16.5. The van der Waals surface area contributed by atoms with Gasteiger partial charge in [0, 0.05) is 24.3 Å². The van der Waals surface area contributed by atoms with Gasteiger partial charge >= 0.3 is 0 Å². The Morgan fingerprint density at radius 2 is 1.54 bits per heavy atom. The summed E-state index contributed by atoms with van der Waals surface area (Å²) in [5, 5.41) is 0. The molecule has 3 N–H and O–H groups in total. The fraction of sp³-hybridized carbons (Fsp3) is 0.263. The summed E-state index contributed by atoms with van der Waals surface area (Å²) in [5.74, 6) is -1.01. The second-order valence-corrected chi connectivity index (χ2v) is 8.05. The van der Waals surface area contributed by atoms with Gasteiger partial charge in [-0.1, -0.05) is 18.2 Å². The number of hydrogen-bond donors (Lipinski definition) is 3. The van der Waals surface area contributed by atoms with Crippen LogP contribution in [0.2, 0.25) is 0 Å². The minimum atomic E-state index is -3.68. The number of nitrogens with one attached hydrogen (secondary N) is 3. The van der Waals surface area contributed by atoms with Crippen LogP contribution in [0.5, 0.6) is 0 Å². The van der Waals surface area contributed by atoms with Gasteiger partial charge in [-0.3, -0.25) is 20.4 Å². The predicted octanol–water partition coefficient (Wildman–Crippen LogP) is 1.22. The van der Waals surface area contributed by atoms with Gasteiger partial charge in [-0.05, 0) is 49.2 Å². The molecule has 1 saturated heterocycles. The highest BCUT2D eigenvalue weighted by molar-refractivity contribution is 7.89. The van der Waals surface area contributed by atoms with Crippen molar-refractivity contribution in [2.45, 2.75) is 23.8 Å². The Labute approximate surface area is 163 Å². The third-order valence-electron chi connectivity index (χ3n) is 4.28. The van der Waals surface area contributed by atoms with Crippen molar-refractivity contribution in [1.29, 1.82) is 0 Å². The summed E-state index contributed by atoms with van der Waals surface area (Å²) in [6.45, 7) is 0.868. The Balaban J connectivity index is 1.55. The minimum Gasteiger partial charge on any atom is -0.377 e. The lowest BCUT2D eigenvalue weighted by atomic mass is 10.2. The Kier molecular flexibility index (Phi) is 6.40. The molecule has 2 amide bonds. The van der Waals surface area contributed by atoms with Gasteiger partial charge in [-0.25, -0.2) is 13.1 Å². The average molecular weight is 403 g/mol. The van der Waals surface area contributed by atoms with E-state index in [4.69, 9.17) is 4.74 Å². The molecule has 28 heavy (non-hydrogen) atoms. The van der Waals surface area contributed by atoms with E-state index in [0.717, 1.165) is 12.8 Å². The number of ether oxygens (including phenoxy) is 1. The number of hydrogen-bond acceptors (Lipinski definition) is 5. The number of rotatable bonds is 6. The zero-order valence-corrected chi connectivity index (χ0v) is 15.9. The predicted molar refractivity (Wildman–Crippen MR) is 102 cm³/mol. The number of carbonyl (C=O) groups excluding carboxylic acids is 2. The number of sulfonamides is 1. The first-order valence-corrected chi connectivity index (χ1v) is 10.3. The maximum atomic E-state index is 12.3. The van der Waals surface area contributed by atoms with E-state index < -0.39 is 21.8 Å². The first kappa shape index (κ1) is 20.0. The second kappa shape index (κ2) is 8.96. The van der Waals surface area contributed by atoms with Gasteiger partial charge in [0.1, 0.15) is 0 Å². The summed E-state index contributed by atoms with van der Waals surface area (Å²) >= 11 is 0. The molecular weight excluding hydrogens is 382 g/mol. The van der Waals surface area contributed by atoms with E-state index in [9.17, 15) is 18.0 Å². The largest absolute Gasteiger partial charge is 0.377 e. The van der Waals surface area contributed by atoms with Crippen LogP contribution in [0.15, 0.2) is 59.5 Å². The molecular formula is C19H21N3O5S. The van der Waals surface area contributed by atoms with Gasteiger partial charge in [0.15, 0.2) is 0 Å². The van der Waals surface area contributed by atoms with E-state index in [-0.39, 0.29) is 23.1 Å². The zero-order chi connectivity index (χ0) is 20.0. The Morgan fingerprint density at radius 1 is 0.929 bits per heavy atom. The maximum Gasteiger partial charge on any atom is 0.269 e. The van der Waals surface area contributed by atoms with Crippen molar-refractivity contribution in [3.63, 3.8) is 0 Å². The topological polar surface area (TPSA) is 114 Å². The molecule has 0 aromatic heterocycles. The minimum absolute atomic E-state index is 0.0513. The van der Waals surface area contributed by atoms with Crippen LogP contribution in [-0.4, -0.2) is 39.5 Å². The molecule has 0 bridgehead atoms. The fourth-order valence-electron chi connectivity index (χ4n) is 2.72. The molecule has 1 heterocycles. The quantitative estimate of drug-likeness (QED) is 0.628. The summed E-state index contributed by atoms with van der Waals surface area (Å²) in [7, 11) is -3.68. The van der Waals surface area contributed by atoms with E-state index >= 15 is 0 Å². The highest BCUT2D eigenvalue weighted by Gasteiger charge is 2.20. The Morgan fingerprint density at radius 3 is 2.11 bits per heavy atom. The molecule has 0 saturated carbocycles. The van der Waals surface area contributed by atoms with Crippen LogP contribution < -0.4 is 15.6 Å². The van der Waals surface area contributed by atoms with Gasteiger partial charge < -0.3 is 4.74 Å². The van der Waals surface area contributed by atoms with Crippen molar-refractivity contribution in [2.75, 3.05) is 13.2 Å². The van der Waals surface area contributed by atoms with Crippen LogP contribution in [-0.2, 0) is 14.8 Å². The molecule has 3 rings (SSSR count). The van der Waals surface area contributed by atoms with Gasteiger partial charge in [-0.2, -0.15) is 0 Å². The monoisotopic (exact) mass is 403 g/mol. The molecule has 148 valence electrons. The van der Waals surface area contributed by atoms with E-state index in [1.807, 2.05) is 0 Å². The Hall–Kier alpha value is -2.75. The summed E-state index contributed by atoms with van der Waals surface area (Å²) < 4.78 is 32.5. The molecule has 0 aliphatic carbocycles.